The fourth-order valence-electron chi connectivity index (χ4n) is 3.64. The van der Waals surface area contributed by atoms with E-state index in [2.05, 4.69) is 15.0 Å². The van der Waals surface area contributed by atoms with Crippen molar-refractivity contribution in [3.63, 3.8) is 0 Å². The predicted octanol–water partition coefficient (Wildman–Crippen LogP) is 3.69. The Kier molecular flexibility index (Phi) is 5.96. The smallest absolute Gasteiger partial charge is 0.303 e. The molecule has 0 amide bonds. The summed E-state index contributed by atoms with van der Waals surface area (Å²) in [5, 5.41) is 0.204. The van der Waals surface area contributed by atoms with Gasteiger partial charge in [0.1, 0.15) is 11.6 Å². The van der Waals surface area contributed by atoms with Gasteiger partial charge in [-0.2, -0.15) is 0 Å². The molecular formula is C20H21ClN4O5S. The standard InChI is InChI=1S/C20H21ClN4O5S/c1-5-12-15(28-10(3)26)16(29-11(4)27)20(30-12)25-8-22-14-17(21)23-18(24-19(14)25)13-7-6-9(2)31-13/h6-8,12,15-16,20H,5H2,1-4H3/t12-,15-,16-,20?/m1/s1. The van der Waals surface area contributed by atoms with E-state index in [1.54, 1.807) is 15.9 Å². The van der Waals surface area contributed by atoms with Gasteiger partial charge in [-0.3, -0.25) is 14.2 Å². The molecule has 0 N–H and O–H groups in total. The molecule has 11 heteroatoms. The van der Waals surface area contributed by atoms with Gasteiger partial charge >= 0.3 is 11.9 Å². The summed E-state index contributed by atoms with van der Waals surface area (Å²) >= 11 is 7.94. The minimum Gasteiger partial charge on any atom is -0.456 e. The summed E-state index contributed by atoms with van der Waals surface area (Å²) in [6.07, 6.45) is -0.831. The molecule has 3 aromatic rings. The molecule has 0 saturated carbocycles. The molecule has 4 rings (SSSR count). The average molecular weight is 465 g/mol. The van der Waals surface area contributed by atoms with Crippen LogP contribution in [-0.2, 0) is 23.8 Å². The van der Waals surface area contributed by atoms with E-state index < -0.39 is 36.5 Å². The van der Waals surface area contributed by atoms with Crippen molar-refractivity contribution in [2.24, 2.45) is 0 Å². The second kappa shape index (κ2) is 8.52. The molecular weight excluding hydrogens is 444 g/mol. The van der Waals surface area contributed by atoms with Crippen LogP contribution in [0, 0.1) is 6.92 Å². The van der Waals surface area contributed by atoms with Gasteiger partial charge in [0.25, 0.3) is 0 Å². The lowest BCUT2D eigenvalue weighted by Gasteiger charge is -2.23. The van der Waals surface area contributed by atoms with Crippen LogP contribution in [0.2, 0.25) is 5.15 Å². The number of esters is 2. The van der Waals surface area contributed by atoms with Crippen molar-refractivity contribution in [3.05, 3.63) is 28.5 Å². The maximum atomic E-state index is 11.8. The van der Waals surface area contributed by atoms with Crippen molar-refractivity contribution in [3.8, 4) is 10.7 Å². The SMILES string of the molecule is CC[C@H]1OC(n2cnc3c(Cl)nc(-c4ccc(C)s4)nc32)[C@H](OC(C)=O)[C@@H]1OC(C)=O. The van der Waals surface area contributed by atoms with Crippen molar-refractivity contribution in [1.82, 2.24) is 19.5 Å². The fraction of sp³-hybridized carbons (Fsp3) is 0.450. The molecule has 4 atom stereocenters. The van der Waals surface area contributed by atoms with E-state index in [0.29, 0.717) is 23.4 Å². The van der Waals surface area contributed by atoms with Gasteiger partial charge in [-0.1, -0.05) is 18.5 Å². The number of halogens is 1. The normalized spacial score (nSPS) is 23.3. The lowest BCUT2D eigenvalue weighted by molar-refractivity contribution is -0.165. The zero-order valence-corrected chi connectivity index (χ0v) is 18.9. The van der Waals surface area contributed by atoms with Gasteiger partial charge in [-0.05, 0) is 25.5 Å². The Labute approximate surface area is 187 Å². The second-order valence-electron chi connectivity index (χ2n) is 7.19. The Hall–Kier alpha value is -2.56. The number of nitrogens with zero attached hydrogens (tertiary/aromatic N) is 4. The predicted molar refractivity (Wildman–Crippen MR) is 114 cm³/mol. The third-order valence-electron chi connectivity index (χ3n) is 4.91. The molecule has 1 aliphatic heterocycles. The number of ether oxygens (including phenoxy) is 3. The third-order valence-corrected chi connectivity index (χ3v) is 6.17. The minimum absolute atomic E-state index is 0.204. The highest BCUT2D eigenvalue weighted by Crippen LogP contribution is 2.38. The van der Waals surface area contributed by atoms with Crippen LogP contribution in [0.3, 0.4) is 0 Å². The highest BCUT2D eigenvalue weighted by Gasteiger charge is 2.49. The minimum atomic E-state index is -0.870. The highest BCUT2D eigenvalue weighted by molar-refractivity contribution is 7.15. The lowest BCUT2D eigenvalue weighted by Crippen LogP contribution is -2.38. The molecule has 0 aliphatic carbocycles. The Morgan fingerprint density at radius 1 is 1.19 bits per heavy atom. The molecule has 9 nitrogen and oxygen atoms in total. The van der Waals surface area contributed by atoms with E-state index in [1.165, 1.54) is 20.2 Å². The molecule has 1 saturated heterocycles. The van der Waals surface area contributed by atoms with Crippen LogP contribution in [-0.4, -0.2) is 49.8 Å². The first-order valence-corrected chi connectivity index (χ1v) is 10.9. The van der Waals surface area contributed by atoms with E-state index in [4.69, 9.17) is 25.8 Å². The lowest BCUT2D eigenvalue weighted by atomic mass is 10.1. The van der Waals surface area contributed by atoms with Crippen LogP contribution in [0.5, 0.6) is 0 Å². The van der Waals surface area contributed by atoms with Gasteiger partial charge in [0.2, 0.25) is 0 Å². The number of aryl methyl sites for hydroxylation is 1. The van der Waals surface area contributed by atoms with Crippen LogP contribution in [0.15, 0.2) is 18.5 Å². The van der Waals surface area contributed by atoms with Crippen LogP contribution in [0.4, 0.5) is 0 Å². The first-order valence-electron chi connectivity index (χ1n) is 9.75. The van der Waals surface area contributed by atoms with Crippen LogP contribution in [0.25, 0.3) is 21.9 Å². The Bertz CT molecular complexity index is 1150. The molecule has 1 aliphatic rings. The number of carbonyl (C=O) groups is 2. The van der Waals surface area contributed by atoms with E-state index in [-0.39, 0.29) is 5.15 Å². The number of carbonyl (C=O) groups excluding carboxylic acids is 2. The van der Waals surface area contributed by atoms with Crippen LogP contribution >= 0.6 is 22.9 Å². The molecule has 1 fully saturated rings. The number of rotatable bonds is 5. The molecule has 0 aromatic carbocycles. The van der Waals surface area contributed by atoms with Crippen molar-refractivity contribution >= 4 is 46.0 Å². The molecule has 31 heavy (non-hydrogen) atoms. The molecule has 3 aromatic heterocycles. The summed E-state index contributed by atoms with van der Waals surface area (Å²) < 4.78 is 18.8. The van der Waals surface area contributed by atoms with E-state index >= 15 is 0 Å². The first kappa shape index (κ1) is 21.7. The van der Waals surface area contributed by atoms with Gasteiger partial charge < -0.3 is 14.2 Å². The van der Waals surface area contributed by atoms with Crippen molar-refractivity contribution in [1.29, 1.82) is 0 Å². The summed E-state index contributed by atoms with van der Waals surface area (Å²) in [6, 6.07) is 3.90. The summed E-state index contributed by atoms with van der Waals surface area (Å²) in [5.74, 6) is -0.539. The molecule has 0 bridgehead atoms. The number of fused-ring (bicyclic) bond motifs is 1. The number of imidazole rings is 1. The fourth-order valence-corrected chi connectivity index (χ4v) is 4.66. The number of hydrogen-bond acceptors (Lipinski definition) is 9. The Morgan fingerprint density at radius 2 is 1.90 bits per heavy atom. The van der Waals surface area contributed by atoms with Crippen LogP contribution < -0.4 is 0 Å². The monoisotopic (exact) mass is 464 g/mol. The van der Waals surface area contributed by atoms with E-state index in [0.717, 1.165) is 9.75 Å². The van der Waals surface area contributed by atoms with Gasteiger partial charge in [-0.15, -0.1) is 11.3 Å². The molecule has 1 unspecified atom stereocenters. The van der Waals surface area contributed by atoms with Gasteiger partial charge in [0.15, 0.2) is 35.1 Å². The summed E-state index contributed by atoms with van der Waals surface area (Å²) in [7, 11) is 0. The molecule has 4 heterocycles. The largest absolute Gasteiger partial charge is 0.456 e. The molecule has 0 radical (unpaired) electrons. The van der Waals surface area contributed by atoms with E-state index in [9.17, 15) is 9.59 Å². The Morgan fingerprint density at radius 3 is 2.52 bits per heavy atom. The van der Waals surface area contributed by atoms with Gasteiger partial charge in [-0.25, -0.2) is 15.0 Å². The maximum absolute atomic E-state index is 11.8. The molecule has 0 spiro atoms. The maximum Gasteiger partial charge on any atom is 0.303 e. The summed E-state index contributed by atoms with van der Waals surface area (Å²) in [4.78, 5) is 38.8. The van der Waals surface area contributed by atoms with Crippen molar-refractivity contribution in [2.45, 2.75) is 58.7 Å². The van der Waals surface area contributed by atoms with Crippen molar-refractivity contribution in [2.75, 3.05) is 0 Å². The van der Waals surface area contributed by atoms with Crippen molar-refractivity contribution < 1.29 is 23.8 Å². The zero-order valence-electron chi connectivity index (χ0n) is 17.4. The van der Waals surface area contributed by atoms with E-state index in [1.807, 2.05) is 26.0 Å². The molecule has 164 valence electrons. The zero-order chi connectivity index (χ0) is 22.3. The number of thiophene rings is 1. The number of hydrogen-bond donors (Lipinski definition) is 0. The quantitative estimate of drug-likeness (QED) is 0.415. The Balaban J connectivity index is 1.81. The first-order chi connectivity index (χ1) is 14.8. The van der Waals surface area contributed by atoms with Crippen LogP contribution in [0.1, 0.15) is 38.3 Å². The van der Waals surface area contributed by atoms with Gasteiger partial charge in [0.05, 0.1) is 11.2 Å². The summed E-state index contributed by atoms with van der Waals surface area (Å²) in [6.45, 7) is 6.49. The second-order valence-corrected chi connectivity index (χ2v) is 8.84. The number of aromatic nitrogens is 4. The topological polar surface area (TPSA) is 105 Å². The highest BCUT2D eigenvalue weighted by atomic mass is 35.5. The third kappa shape index (κ3) is 4.15. The average Bonchev–Trinajstić information content (AvgIpc) is 3.39. The van der Waals surface area contributed by atoms with Gasteiger partial charge in [0, 0.05) is 18.7 Å². The summed E-state index contributed by atoms with van der Waals surface area (Å²) in [5.41, 5.74) is 0.828.